The van der Waals surface area contributed by atoms with Gasteiger partial charge in [0.1, 0.15) is 6.04 Å². The van der Waals surface area contributed by atoms with Crippen molar-refractivity contribution in [1.82, 2.24) is 15.5 Å². The SMILES string of the molecule is CC1CCC(N2Cc3cc(CNC(O)C(F)(F)c4ccc(I)cc4)ccc3C2=O)C(=O)N1. The monoisotopic (exact) mass is 555 g/mol. The molecule has 2 aliphatic heterocycles. The number of carbonyl (C=O) groups is 2. The second-order valence-corrected chi connectivity index (χ2v) is 9.59. The lowest BCUT2D eigenvalue weighted by Crippen LogP contribution is -2.53. The summed E-state index contributed by atoms with van der Waals surface area (Å²) in [4.78, 5) is 26.7. The van der Waals surface area contributed by atoms with Gasteiger partial charge in [0.15, 0.2) is 6.23 Å². The van der Waals surface area contributed by atoms with Gasteiger partial charge < -0.3 is 15.3 Å². The molecule has 0 spiro atoms. The van der Waals surface area contributed by atoms with Crippen LogP contribution in [0.4, 0.5) is 8.78 Å². The number of piperidine rings is 1. The van der Waals surface area contributed by atoms with Crippen LogP contribution in [-0.2, 0) is 23.8 Å². The average Bonchev–Trinajstić information content (AvgIpc) is 3.08. The fourth-order valence-electron chi connectivity index (χ4n) is 4.18. The number of hydrogen-bond donors (Lipinski definition) is 3. The molecular formula is C23H24F2IN3O3. The zero-order chi connectivity index (χ0) is 23.0. The van der Waals surface area contributed by atoms with Crippen molar-refractivity contribution < 1.29 is 23.5 Å². The van der Waals surface area contributed by atoms with Gasteiger partial charge in [0.2, 0.25) is 5.91 Å². The Hall–Kier alpha value is -2.11. The Balaban J connectivity index is 1.42. The van der Waals surface area contributed by atoms with E-state index in [1.54, 1.807) is 35.2 Å². The van der Waals surface area contributed by atoms with Gasteiger partial charge in [-0.1, -0.05) is 24.3 Å². The van der Waals surface area contributed by atoms with Gasteiger partial charge in [-0.05, 0) is 71.7 Å². The summed E-state index contributed by atoms with van der Waals surface area (Å²) in [5, 5.41) is 15.5. The largest absolute Gasteiger partial charge is 0.372 e. The van der Waals surface area contributed by atoms with E-state index in [4.69, 9.17) is 0 Å². The highest BCUT2D eigenvalue weighted by Gasteiger charge is 2.41. The number of benzene rings is 2. The third kappa shape index (κ3) is 4.51. The Kier molecular flexibility index (Phi) is 6.51. The van der Waals surface area contributed by atoms with Crippen molar-refractivity contribution in [2.24, 2.45) is 0 Å². The van der Waals surface area contributed by atoms with E-state index in [1.165, 1.54) is 12.1 Å². The number of aliphatic hydroxyl groups excluding tert-OH is 1. The molecule has 0 saturated carbocycles. The van der Waals surface area contributed by atoms with Crippen molar-refractivity contribution in [3.8, 4) is 0 Å². The van der Waals surface area contributed by atoms with Gasteiger partial charge >= 0.3 is 5.92 Å². The van der Waals surface area contributed by atoms with Gasteiger partial charge in [0.05, 0.1) is 0 Å². The van der Waals surface area contributed by atoms with E-state index in [2.05, 4.69) is 10.6 Å². The molecule has 1 saturated heterocycles. The molecular weight excluding hydrogens is 531 g/mol. The molecule has 0 radical (unpaired) electrons. The minimum Gasteiger partial charge on any atom is -0.372 e. The maximum atomic E-state index is 14.6. The molecule has 2 amide bonds. The Labute approximate surface area is 198 Å². The van der Waals surface area contributed by atoms with Crippen LogP contribution in [-0.4, -0.2) is 40.1 Å². The Morgan fingerprint density at radius 1 is 1.22 bits per heavy atom. The predicted octanol–water partition coefficient (Wildman–Crippen LogP) is 3.11. The van der Waals surface area contributed by atoms with Crippen LogP contribution in [0, 0.1) is 3.57 Å². The molecule has 4 rings (SSSR count). The number of rotatable bonds is 6. The van der Waals surface area contributed by atoms with Crippen molar-refractivity contribution in [3.05, 3.63) is 68.3 Å². The zero-order valence-electron chi connectivity index (χ0n) is 17.4. The van der Waals surface area contributed by atoms with Crippen LogP contribution in [0.1, 0.15) is 46.8 Å². The van der Waals surface area contributed by atoms with Gasteiger partial charge in [0.25, 0.3) is 5.91 Å². The van der Waals surface area contributed by atoms with Gasteiger partial charge in [-0.3, -0.25) is 14.9 Å². The van der Waals surface area contributed by atoms with Crippen LogP contribution in [0.2, 0.25) is 0 Å². The quantitative estimate of drug-likeness (QED) is 0.378. The molecule has 2 aliphatic rings. The van der Waals surface area contributed by atoms with Crippen LogP contribution in [0.15, 0.2) is 42.5 Å². The molecule has 3 N–H and O–H groups in total. The van der Waals surface area contributed by atoms with Gasteiger partial charge in [-0.25, -0.2) is 0 Å². The highest BCUT2D eigenvalue weighted by molar-refractivity contribution is 14.1. The van der Waals surface area contributed by atoms with E-state index >= 15 is 0 Å². The maximum Gasteiger partial charge on any atom is 0.311 e. The van der Waals surface area contributed by atoms with Crippen molar-refractivity contribution >= 4 is 34.4 Å². The lowest BCUT2D eigenvalue weighted by Gasteiger charge is -2.33. The van der Waals surface area contributed by atoms with Crippen molar-refractivity contribution in [2.45, 2.75) is 57.1 Å². The number of alkyl halides is 2. The summed E-state index contributed by atoms with van der Waals surface area (Å²) in [5.74, 6) is -3.80. The van der Waals surface area contributed by atoms with E-state index in [0.717, 1.165) is 15.6 Å². The normalized spacial score (nSPS) is 22.0. The summed E-state index contributed by atoms with van der Waals surface area (Å²) in [5.41, 5.74) is 1.66. The van der Waals surface area contributed by atoms with Crippen LogP contribution < -0.4 is 10.6 Å². The summed E-state index contributed by atoms with van der Waals surface area (Å²) in [7, 11) is 0. The van der Waals surface area contributed by atoms with E-state index in [0.29, 0.717) is 24.1 Å². The Morgan fingerprint density at radius 3 is 2.62 bits per heavy atom. The first-order valence-corrected chi connectivity index (χ1v) is 11.5. The smallest absolute Gasteiger partial charge is 0.311 e. The molecule has 0 aromatic heterocycles. The minimum absolute atomic E-state index is 0.00399. The third-order valence-electron chi connectivity index (χ3n) is 6.01. The molecule has 170 valence electrons. The first-order chi connectivity index (χ1) is 15.2. The lowest BCUT2D eigenvalue weighted by molar-refractivity contribution is -0.129. The molecule has 2 aromatic rings. The first kappa shape index (κ1) is 23.1. The molecule has 32 heavy (non-hydrogen) atoms. The molecule has 0 bridgehead atoms. The summed E-state index contributed by atoms with van der Waals surface area (Å²) in [6.45, 7) is 2.24. The van der Waals surface area contributed by atoms with E-state index in [-0.39, 0.29) is 30.0 Å². The molecule has 6 nitrogen and oxygen atoms in total. The first-order valence-electron chi connectivity index (χ1n) is 10.5. The topological polar surface area (TPSA) is 81.7 Å². The predicted molar refractivity (Wildman–Crippen MR) is 123 cm³/mol. The van der Waals surface area contributed by atoms with E-state index in [1.807, 2.05) is 29.5 Å². The maximum absolute atomic E-state index is 14.6. The number of aliphatic hydroxyl groups is 1. The lowest BCUT2D eigenvalue weighted by atomic mass is 10.00. The molecule has 3 atom stereocenters. The number of fused-ring (bicyclic) bond motifs is 1. The number of nitrogens with one attached hydrogen (secondary N) is 2. The average molecular weight is 555 g/mol. The van der Waals surface area contributed by atoms with Crippen molar-refractivity contribution in [3.63, 3.8) is 0 Å². The molecule has 0 aliphatic carbocycles. The summed E-state index contributed by atoms with van der Waals surface area (Å²) >= 11 is 2.03. The molecule has 1 fully saturated rings. The molecule has 9 heteroatoms. The second-order valence-electron chi connectivity index (χ2n) is 8.34. The van der Waals surface area contributed by atoms with Gasteiger partial charge in [0, 0.05) is 33.8 Å². The van der Waals surface area contributed by atoms with E-state index in [9.17, 15) is 23.5 Å². The third-order valence-corrected chi connectivity index (χ3v) is 6.73. The second kappa shape index (κ2) is 9.03. The number of nitrogens with zero attached hydrogens (tertiary/aromatic N) is 1. The minimum atomic E-state index is -3.46. The number of carbonyl (C=O) groups excluding carboxylic acids is 2. The highest BCUT2D eigenvalue weighted by atomic mass is 127. The molecule has 3 unspecified atom stereocenters. The summed E-state index contributed by atoms with van der Waals surface area (Å²) in [6, 6.07) is 10.4. The standard InChI is InChI=1S/C23H24F2IN3O3/c1-13-2-9-19(20(30)28-13)29-12-15-10-14(3-8-18(15)21(29)31)11-27-22(32)23(24,25)16-4-6-17(26)7-5-16/h3-8,10,13,19,22,27,32H,2,9,11-12H2,1H3,(H,28,30). The van der Waals surface area contributed by atoms with Crippen molar-refractivity contribution in [1.29, 1.82) is 0 Å². The number of hydrogen-bond acceptors (Lipinski definition) is 4. The van der Waals surface area contributed by atoms with Gasteiger partial charge in [-0.2, -0.15) is 8.78 Å². The van der Waals surface area contributed by atoms with Crippen LogP contribution in [0.5, 0.6) is 0 Å². The number of amides is 2. The van der Waals surface area contributed by atoms with E-state index < -0.39 is 18.2 Å². The zero-order valence-corrected chi connectivity index (χ0v) is 19.6. The highest BCUT2D eigenvalue weighted by Crippen LogP contribution is 2.32. The number of halogens is 3. The van der Waals surface area contributed by atoms with Crippen LogP contribution in [0.25, 0.3) is 0 Å². The Bertz CT molecular complexity index is 1030. The summed E-state index contributed by atoms with van der Waals surface area (Å²) < 4.78 is 30.0. The fraction of sp³-hybridized carbons (Fsp3) is 0.391. The molecule has 2 aromatic carbocycles. The van der Waals surface area contributed by atoms with Crippen LogP contribution in [0.3, 0.4) is 0 Å². The van der Waals surface area contributed by atoms with Crippen molar-refractivity contribution in [2.75, 3.05) is 0 Å². The summed E-state index contributed by atoms with van der Waals surface area (Å²) in [6.07, 6.45) is -0.652. The van der Waals surface area contributed by atoms with Gasteiger partial charge in [-0.15, -0.1) is 0 Å². The van der Waals surface area contributed by atoms with Crippen LogP contribution >= 0.6 is 22.6 Å². The molecule has 2 heterocycles. The fourth-order valence-corrected chi connectivity index (χ4v) is 4.54. The Morgan fingerprint density at radius 2 is 1.94 bits per heavy atom.